The van der Waals surface area contributed by atoms with Crippen molar-refractivity contribution in [3.05, 3.63) is 71.3 Å². The standard InChI is InChI=1S/C19H19N3O4/c23-17(11-8-14-4-2-1-3-5-14)20-13-18(24)22-21-12-15-6-9-16(10-7-15)19(25)26/h1-7,9-10,12H,8,11,13H2,(H,20,23)(H,22,24)(H,25,26). The number of carboxylic acids is 1. The number of hydrogen-bond acceptors (Lipinski definition) is 4. The van der Waals surface area contributed by atoms with Crippen LogP contribution in [-0.2, 0) is 16.0 Å². The van der Waals surface area contributed by atoms with Crippen molar-refractivity contribution in [3.8, 4) is 0 Å². The highest BCUT2D eigenvalue weighted by Crippen LogP contribution is 2.02. The van der Waals surface area contributed by atoms with E-state index in [-0.39, 0.29) is 18.0 Å². The Kier molecular flexibility index (Phi) is 7.05. The average molecular weight is 353 g/mol. The lowest BCUT2D eigenvalue weighted by atomic mass is 10.1. The number of amides is 2. The summed E-state index contributed by atoms with van der Waals surface area (Å²) < 4.78 is 0. The first kappa shape index (κ1) is 18.9. The molecule has 0 radical (unpaired) electrons. The lowest BCUT2D eigenvalue weighted by molar-refractivity contribution is -0.126. The molecule has 0 aliphatic heterocycles. The Morgan fingerprint density at radius 1 is 0.962 bits per heavy atom. The van der Waals surface area contributed by atoms with Gasteiger partial charge in [-0.3, -0.25) is 9.59 Å². The molecule has 0 fully saturated rings. The number of carbonyl (C=O) groups excluding carboxylic acids is 2. The average Bonchev–Trinajstić information content (AvgIpc) is 2.66. The highest BCUT2D eigenvalue weighted by Gasteiger charge is 2.05. The van der Waals surface area contributed by atoms with Gasteiger partial charge in [-0.25, -0.2) is 10.2 Å². The Hall–Kier alpha value is -3.48. The SMILES string of the molecule is O=C(CCc1ccccc1)NCC(=O)NN=Cc1ccc(C(=O)O)cc1. The zero-order valence-corrected chi connectivity index (χ0v) is 14.0. The van der Waals surface area contributed by atoms with Crippen molar-refractivity contribution in [3.63, 3.8) is 0 Å². The summed E-state index contributed by atoms with van der Waals surface area (Å²) in [6.45, 7) is -0.164. The molecule has 0 aromatic heterocycles. The van der Waals surface area contributed by atoms with Crippen molar-refractivity contribution >= 4 is 24.0 Å². The topological polar surface area (TPSA) is 108 Å². The van der Waals surface area contributed by atoms with Crippen LogP contribution in [0.5, 0.6) is 0 Å². The maximum absolute atomic E-state index is 11.7. The molecule has 2 aromatic rings. The number of hydrogen-bond donors (Lipinski definition) is 3. The van der Waals surface area contributed by atoms with Crippen LogP contribution in [0.3, 0.4) is 0 Å². The van der Waals surface area contributed by atoms with Gasteiger partial charge in [0.25, 0.3) is 5.91 Å². The molecule has 2 amide bonds. The molecule has 0 bridgehead atoms. The number of rotatable bonds is 8. The third-order valence-electron chi connectivity index (χ3n) is 3.49. The molecule has 0 unspecified atom stereocenters. The lowest BCUT2D eigenvalue weighted by Gasteiger charge is -2.04. The van der Waals surface area contributed by atoms with Gasteiger partial charge in [0, 0.05) is 6.42 Å². The van der Waals surface area contributed by atoms with Crippen molar-refractivity contribution < 1.29 is 19.5 Å². The molecule has 2 aromatic carbocycles. The first-order valence-electron chi connectivity index (χ1n) is 8.00. The summed E-state index contributed by atoms with van der Waals surface area (Å²) in [6, 6.07) is 15.7. The number of nitrogens with one attached hydrogen (secondary N) is 2. The van der Waals surface area contributed by atoms with Crippen LogP contribution < -0.4 is 10.7 Å². The summed E-state index contributed by atoms with van der Waals surface area (Å²) in [6.07, 6.45) is 2.30. The van der Waals surface area contributed by atoms with Gasteiger partial charge in [0.2, 0.25) is 5.91 Å². The number of benzene rings is 2. The van der Waals surface area contributed by atoms with Crippen molar-refractivity contribution in [2.24, 2.45) is 5.10 Å². The molecule has 0 aliphatic rings. The Morgan fingerprint density at radius 2 is 1.65 bits per heavy atom. The molecular formula is C19H19N3O4. The summed E-state index contributed by atoms with van der Waals surface area (Å²) >= 11 is 0. The van der Waals surface area contributed by atoms with E-state index < -0.39 is 11.9 Å². The molecule has 0 atom stereocenters. The molecular weight excluding hydrogens is 334 g/mol. The maximum Gasteiger partial charge on any atom is 0.335 e. The summed E-state index contributed by atoms with van der Waals surface area (Å²) in [7, 11) is 0. The number of aryl methyl sites for hydroxylation is 1. The number of hydrazone groups is 1. The van der Waals surface area contributed by atoms with E-state index in [1.165, 1.54) is 18.3 Å². The van der Waals surface area contributed by atoms with Crippen LogP contribution in [0.15, 0.2) is 59.7 Å². The van der Waals surface area contributed by atoms with E-state index in [4.69, 9.17) is 5.11 Å². The zero-order chi connectivity index (χ0) is 18.8. The fraction of sp³-hybridized carbons (Fsp3) is 0.158. The minimum absolute atomic E-state index is 0.164. The smallest absolute Gasteiger partial charge is 0.335 e. The molecule has 26 heavy (non-hydrogen) atoms. The number of nitrogens with zero attached hydrogens (tertiary/aromatic N) is 1. The molecule has 134 valence electrons. The summed E-state index contributed by atoms with van der Waals surface area (Å²) in [5.74, 6) is -1.67. The second-order valence-electron chi connectivity index (χ2n) is 5.48. The van der Waals surface area contributed by atoms with E-state index in [1.54, 1.807) is 12.1 Å². The molecule has 0 heterocycles. The maximum atomic E-state index is 11.7. The molecule has 7 nitrogen and oxygen atoms in total. The number of carboxylic acid groups (broad SMARTS) is 1. The minimum Gasteiger partial charge on any atom is -0.478 e. The van der Waals surface area contributed by atoms with Gasteiger partial charge in [-0.15, -0.1) is 0 Å². The molecule has 0 saturated heterocycles. The number of aromatic carboxylic acids is 1. The van der Waals surface area contributed by atoms with Gasteiger partial charge in [0.15, 0.2) is 0 Å². The van der Waals surface area contributed by atoms with Crippen LogP contribution in [0.1, 0.15) is 27.9 Å². The second kappa shape index (κ2) is 9.73. The van der Waals surface area contributed by atoms with Crippen LogP contribution in [0.4, 0.5) is 0 Å². The molecule has 0 aliphatic carbocycles. The molecule has 7 heteroatoms. The van der Waals surface area contributed by atoms with Crippen LogP contribution in [0.25, 0.3) is 0 Å². The van der Waals surface area contributed by atoms with Gasteiger partial charge in [-0.2, -0.15) is 5.10 Å². The van der Waals surface area contributed by atoms with Gasteiger partial charge in [-0.05, 0) is 29.7 Å². The summed E-state index contributed by atoms with van der Waals surface area (Å²) in [5.41, 5.74) is 4.17. The monoisotopic (exact) mass is 353 g/mol. The van der Waals surface area contributed by atoms with E-state index >= 15 is 0 Å². The van der Waals surface area contributed by atoms with Gasteiger partial charge >= 0.3 is 5.97 Å². The first-order valence-corrected chi connectivity index (χ1v) is 8.00. The Balaban J connectivity index is 1.68. The lowest BCUT2D eigenvalue weighted by Crippen LogP contribution is -2.35. The van der Waals surface area contributed by atoms with Crippen molar-refractivity contribution in [1.29, 1.82) is 0 Å². The molecule has 3 N–H and O–H groups in total. The number of carbonyl (C=O) groups is 3. The van der Waals surface area contributed by atoms with E-state index in [0.717, 1.165) is 5.56 Å². The predicted molar refractivity (Wildman–Crippen MR) is 96.9 cm³/mol. The quantitative estimate of drug-likeness (QED) is 0.495. The summed E-state index contributed by atoms with van der Waals surface area (Å²) in [5, 5.41) is 15.1. The van der Waals surface area contributed by atoms with E-state index in [9.17, 15) is 14.4 Å². The zero-order valence-electron chi connectivity index (χ0n) is 14.0. The van der Waals surface area contributed by atoms with Gasteiger partial charge < -0.3 is 10.4 Å². The highest BCUT2D eigenvalue weighted by molar-refractivity contribution is 5.89. The van der Waals surface area contributed by atoms with Crippen molar-refractivity contribution in [2.45, 2.75) is 12.8 Å². The van der Waals surface area contributed by atoms with Crippen LogP contribution in [0, 0.1) is 0 Å². The van der Waals surface area contributed by atoms with Crippen LogP contribution in [-0.4, -0.2) is 35.6 Å². The minimum atomic E-state index is -1.01. The fourth-order valence-corrected chi connectivity index (χ4v) is 2.10. The Bertz CT molecular complexity index is 786. The molecule has 0 saturated carbocycles. The summed E-state index contributed by atoms with van der Waals surface area (Å²) in [4.78, 5) is 34.1. The largest absolute Gasteiger partial charge is 0.478 e. The van der Waals surface area contributed by atoms with E-state index in [1.807, 2.05) is 30.3 Å². The van der Waals surface area contributed by atoms with Gasteiger partial charge in [-0.1, -0.05) is 42.5 Å². The second-order valence-corrected chi connectivity index (χ2v) is 5.48. The van der Waals surface area contributed by atoms with Crippen LogP contribution in [0.2, 0.25) is 0 Å². The third-order valence-corrected chi connectivity index (χ3v) is 3.49. The first-order chi connectivity index (χ1) is 12.5. The van der Waals surface area contributed by atoms with Crippen LogP contribution >= 0.6 is 0 Å². The fourth-order valence-electron chi connectivity index (χ4n) is 2.10. The van der Waals surface area contributed by atoms with Crippen molar-refractivity contribution in [2.75, 3.05) is 6.54 Å². The van der Waals surface area contributed by atoms with Gasteiger partial charge in [0.1, 0.15) is 0 Å². The van der Waals surface area contributed by atoms with E-state index in [2.05, 4.69) is 15.8 Å². The normalized spacial score (nSPS) is 10.5. The van der Waals surface area contributed by atoms with Crippen molar-refractivity contribution in [1.82, 2.24) is 10.7 Å². The Morgan fingerprint density at radius 3 is 2.31 bits per heavy atom. The highest BCUT2D eigenvalue weighted by atomic mass is 16.4. The third kappa shape index (κ3) is 6.56. The molecule has 0 spiro atoms. The van der Waals surface area contributed by atoms with Gasteiger partial charge in [0.05, 0.1) is 18.3 Å². The Labute approximate surface area is 150 Å². The predicted octanol–water partition coefficient (Wildman–Crippen LogP) is 1.58. The molecule has 2 rings (SSSR count). The van der Waals surface area contributed by atoms with E-state index in [0.29, 0.717) is 18.4 Å².